The molecule has 0 radical (unpaired) electrons. The van der Waals surface area contributed by atoms with Crippen molar-refractivity contribution in [2.75, 3.05) is 0 Å². The first-order valence-electron chi connectivity index (χ1n) is 7.20. The Labute approximate surface area is 138 Å². The quantitative estimate of drug-likeness (QED) is 0.661. The van der Waals surface area contributed by atoms with Gasteiger partial charge < -0.3 is 4.57 Å². The van der Waals surface area contributed by atoms with Gasteiger partial charge in [0, 0.05) is 30.2 Å². The monoisotopic (exact) mass is 330 g/mol. The van der Waals surface area contributed by atoms with E-state index in [1.165, 1.54) is 11.1 Å². The van der Waals surface area contributed by atoms with Crippen LogP contribution in [0.15, 0.2) is 34.8 Å². The van der Waals surface area contributed by atoms with E-state index in [9.17, 15) is 0 Å². The number of aromatic nitrogens is 4. The second-order valence-corrected chi connectivity index (χ2v) is 6.91. The van der Waals surface area contributed by atoms with Gasteiger partial charge in [-0.05, 0) is 13.0 Å². The molecule has 0 unspecified atom stereocenters. The third-order valence-corrected chi connectivity index (χ3v) is 5.40. The van der Waals surface area contributed by atoms with Crippen LogP contribution in [-0.4, -0.2) is 19.7 Å². The molecule has 2 heterocycles. The average Bonchev–Trinajstić information content (AvgIpc) is 3.12. The van der Waals surface area contributed by atoms with Crippen molar-refractivity contribution in [3.05, 3.63) is 46.7 Å². The van der Waals surface area contributed by atoms with Gasteiger partial charge in [0.15, 0.2) is 5.16 Å². The Morgan fingerprint density at radius 3 is 2.86 bits per heavy atom. The van der Waals surface area contributed by atoms with E-state index in [0.29, 0.717) is 0 Å². The first-order valence-corrected chi connectivity index (χ1v) is 9.06. The molecule has 1 aromatic carbocycles. The number of rotatable bonds is 5. The normalized spacial score (nSPS) is 11.0. The minimum absolute atomic E-state index is 0.817. The molecule has 6 heteroatoms. The fourth-order valence-electron chi connectivity index (χ4n) is 2.20. The fraction of sp³-hybridized carbons (Fsp3) is 0.312. The molecule has 0 fully saturated rings. The lowest BCUT2D eigenvalue weighted by molar-refractivity contribution is 0.741. The molecule has 0 spiro atoms. The molecule has 0 amide bonds. The molecule has 0 aliphatic carbocycles. The summed E-state index contributed by atoms with van der Waals surface area (Å²) in [6.07, 6.45) is 0.901. The smallest absolute Gasteiger partial charge is 0.191 e. The predicted octanol–water partition coefficient (Wildman–Crippen LogP) is 4.10. The Balaban J connectivity index is 1.70. The van der Waals surface area contributed by atoms with Crippen molar-refractivity contribution < 1.29 is 0 Å². The lowest BCUT2D eigenvalue weighted by Gasteiger charge is -2.01. The van der Waals surface area contributed by atoms with Gasteiger partial charge in [-0.25, -0.2) is 4.98 Å². The SMILES string of the molecule is CCc1nnc(SCc2csc(-c3cccc(C)c3)n2)n1C. The van der Waals surface area contributed by atoms with Gasteiger partial charge in [-0.2, -0.15) is 0 Å². The van der Waals surface area contributed by atoms with Crippen molar-refractivity contribution in [3.63, 3.8) is 0 Å². The third kappa shape index (κ3) is 3.23. The van der Waals surface area contributed by atoms with E-state index < -0.39 is 0 Å². The largest absolute Gasteiger partial charge is 0.309 e. The van der Waals surface area contributed by atoms with Crippen LogP contribution in [0.3, 0.4) is 0 Å². The topological polar surface area (TPSA) is 43.6 Å². The van der Waals surface area contributed by atoms with Crippen LogP contribution in [0.25, 0.3) is 10.6 Å². The lowest BCUT2D eigenvalue weighted by Crippen LogP contribution is -1.97. The molecule has 4 nitrogen and oxygen atoms in total. The molecule has 0 aliphatic heterocycles. The van der Waals surface area contributed by atoms with Crippen molar-refractivity contribution >= 4 is 23.1 Å². The molecule has 3 rings (SSSR count). The molecule has 3 aromatic rings. The van der Waals surface area contributed by atoms with Gasteiger partial charge in [0.05, 0.1) is 5.69 Å². The molecule has 0 bridgehead atoms. The van der Waals surface area contributed by atoms with Gasteiger partial charge in [-0.3, -0.25) is 0 Å². The highest BCUT2D eigenvalue weighted by Gasteiger charge is 2.10. The molecule has 0 saturated carbocycles. The summed E-state index contributed by atoms with van der Waals surface area (Å²) >= 11 is 3.37. The Bertz CT molecular complexity index is 776. The maximum absolute atomic E-state index is 4.73. The minimum atomic E-state index is 0.817. The molecule has 22 heavy (non-hydrogen) atoms. The van der Waals surface area contributed by atoms with Crippen molar-refractivity contribution in [1.82, 2.24) is 19.7 Å². The van der Waals surface area contributed by atoms with Gasteiger partial charge in [0.2, 0.25) is 0 Å². The summed E-state index contributed by atoms with van der Waals surface area (Å²) in [7, 11) is 2.01. The van der Waals surface area contributed by atoms with Gasteiger partial charge in [0.1, 0.15) is 10.8 Å². The number of hydrogen-bond donors (Lipinski definition) is 0. The van der Waals surface area contributed by atoms with Crippen LogP contribution in [0.1, 0.15) is 24.0 Å². The van der Waals surface area contributed by atoms with E-state index in [4.69, 9.17) is 4.98 Å². The molecule has 0 aliphatic rings. The molecule has 0 saturated heterocycles. The van der Waals surface area contributed by atoms with Crippen LogP contribution in [0, 0.1) is 6.92 Å². The Morgan fingerprint density at radius 1 is 1.27 bits per heavy atom. The standard InChI is InChI=1S/C16H18N4S2/c1-4-14-18-19-16(20(14)3)22-10-13-9-21-15(17-13)12-7-5-6-11(2)8-12/h5-9H,4,10H2,1-3H3. The first kappa shape index (κ1) is 15.2. The van der Waals surface area contributed by atoms with Crippen molar-refractivity contribution in [2.45, 2.75) is 31.2 Å². The summed E-state index contributed by atoms with van der Waals surface area (Å²) in [4.78, 5) is 4.73. The van der Waals surface area contributed by atoms with Crippen LogP contribution in [0.4, 0.5) is 0 Å². The fourth-order valence-corrected chi connectivity index (χ4v) is 3.95. The van der Waals surface area contributed by atoms with E-state index in [-0.39, 0.29) is 0 Å². The van der Waals surface area contributed by atoms with Crippen molar-refractivity contribution in [2.24, 2.45) is 7.05 Å². The zero-order chi connectivity index (χ0) is 15.5. The summed E-state index contributed by atoms with van der Waals surface area (Å²) in [5, 5.41) is 12.6. The highest BCUT2D eigenvalue weighted by Crippen LogP contribution is 2.27. The maximum Gasteiger partial charge on any atom is 0.191 e. The Kier molecular flexibility index (Phi) is 4.59. The predicted molar refractivity (Wildman–Crippen MR) is 92.2 cm³/mol. The number of nitrogens with zero attached hydrogens (tertiary/aromatic N) is 4. The highest BCUT2D eigenvalue weighted by atomic mass is 32.2. The Hall–Kier alpha value is -1.66. The van der Waals surface area contributed by atoms with Crippen molar-refractivity contribution in [3.8, 4) is 10.6 Å². The number of aryl methyl sites for hydroxylation is 2. The van der Waals surface area contributed by atoms with Crippen molar-refractivity contribution in [1.29, 1.82) is 0 Å². The zero-order valence-electron chi connectivity index (χ0n) is 12.9. The highest BCUT2D eigenvalue weighted by molar-refractivity contribution is 7.98. The molecular formula is C16H18N4S2. The van der Waals surface area contributed by atoms with Gasteiger partial charge >= 0.3 is 0 Å². The van der Waals surface area contributed by atoms with Gasteiger partial charge in [-0.15, -0.1) is 21.5 Å². The van der Waals surface area contributed by atoms with E-state index in [1.807, 2.05) is 7.05 Å². The van der Waals surface area contributed by atoms with Gasteiger partial charge in [-0.1, -0.05) is 42.4 Å². The number of hydrogen-bond acceptors (Lipinski definition) is 5. The summed E-state index contributed by atoms with van der Waals surface area (Å²) < 4.78 is 2.05. The van der Waals surface area contributed by atoms with Crippen LogP contribution >= 0.6 is 23.1 Å². The second kappa shape index (κ2) is 6.62. The van der Waals surface area contributed by atoms with Crippen LogP contribution in [-0.2, 0) is 19.2 Å². The van der Waals surface area contributed by atoms with Crippen LogP contribution in [0.5, 0.6) is 0 Å². The van der Waals surface area contributed by atoms with E-state index in [2.05, 4.69) is 58.3 Å². The maximum atomic E-state index is 4.73. The number of thioether (sulfide) groups is 1. The second-order valence-electron chi connectivity index (χ2n) is 5.11. The van der Waals surface area contributed by atoms with E-state index >= 15 is 0 Å². The summed E-state index contributed by atoms with van der Waals surface area (Å²) in [6.45, 7) is 4.19. The zero-order valence-corrected chi connectivity index (χ0v) is 14.5. The number of benzene rings is 1. The third-order valence-electron chi connectivity index (χ3n) is 3.41. The summed E-state index contributed by atoms with van der Waals surface area (Å²) in [5.41, 5.74) is 3.54. The number of thiazole rings is 1. The lowest BCUT2D eigenvalue weighted by atomic mass is 10.1. The Morgan fingerprint density at radius 2 is 2.14 bits per heavy atom. The first-order chi connectivity index (χ1) is 10.7. The minimum Gasteiger partial charge on any atom is -0.309 e. The van der Waals surface area contributed by atoms with E-state index in [0.717, 1.165) is 33.9 Å². The molecular weight excluding hydrogens is 312 g/mol. The van der Waals surface area contributed by atoms with Crippen LogP contribution < -0.4 is 0 Å². The molecule has 114 valence electrons. The molecule has 0 atom stereocenters. The summed E-state index contributed by atoms with van der Waals surface area (Å²) in [5.74, 6) is 1.83. The molecule has 2 aromatic heterocycles. The molecule has 0 N–H and O–H groups in total. The van der Waals surface area contributed by atoms with Gasteiger partial charge in [0.25, 0.3) is 0 Å². The summed E-state index contributed by atoms with van der Waals surface area (Å²) in [6, 6.07) is 8.46. The van der Waals surface area contributed by atoms with Crippen LogP contribution in [0.2, 0.25) is 0 Å². The van der Waals surface area contributed by atoms with E-state index in [1.54, 1.807) is 23.1 Å². The average molecular weight is 330 g/mol.